The number of rotatable bonds is 7. The van der Waals surface area contributed by atoms with Gasteiger partial charge in [-0.3, -0.25) is 4.79 Å². The van der Waals surface area contributed by atoms with Crippen LogP contribution in [0.25, 0.3) is 11.0 Å². The van der Waals surface area contributed by atoms with E-state index in [-0.39, 0.29) is 5.91 Å². The van der Waals surface area contributed by atoms with Crippen molar-refractivity contribution in [1.29, 1.82) is 0 Å². The van der Waals surface area contributed by atoms with Crippen LogP contribution in [-0.4, -0.2) is 33.2 Å². The zero-order valence-electron chi connectivity index (χ0n) is 11.9. The maximum absolute atomic E-state index is 11.8. The zero-order valence-corrected chi connectivity index (χ0v) is 11.9. The van der Waals surface area contributed by atoms with E-state index in [0.717, 1.165) is 35.2 Å². The zero-order chi connectivity index (χ0) is 14.4. The number of amides is 1. The van der Waals surface area contributed by atoms with Crippen LogP contribution in [0.15, 0.2) is 28.9 Å². The highest BCUT2D eigenvalue weighted by Gasteiger charge is 2.10. The fourth-order valence-corrected chi connectivity index (χ4v) is 2.06. The predicted octanol–water partition coefficient (Wildman–Crippen LogP) is 1.71. The molecular formula is C15H20N2O3. The van der Waals surface area contributed by atoms with Crippen LogP contribution in [0.3, 0.4) is 0 Å². The van der Waals surface area contributed by atoms with Crippen molar-refractivity contribution in [2.24, 2.45) is 0 Å². The molecule has 1 amide bonds. The van der Waals surface area contributed by atoms with Crippen molar-refractivity contribution in [3.63, 3.8) is 0 Å². The maximum Gasteiger partial charge on any atom is 0.224 e. The van der Waals surface area contributed by atoms with Gasteiger partial charge in [0.1, 0.15) is 11.3 Å². The number of hydrogen-bond acceptors (Lipinski definition) is 4. The number of ether oxygens (including phenoxy) is 1. The van der Waals surface area contributed by atoms with Crippen LogP contribution >= 0.6 is 0 Å². The van der Waals surface area contributed by atoms with Gasteiger partial charge in [-0.05, 0) is 32.1 Å². The van der Waals surface area contributed by atoms with Crippen molar-refractivity contribution in [2.45, 2.75) is 12.8 Å². The first-order chi connectivity index (χ1) is 9.74. The molecule has 0 saturated carbocycles. The first kappa shape index (κ1) is 14.4. The smallest absolute Gasteiger partial charge is 0.224 e. The Bertz CT molecular complexity index is 578. The topological polar surface area (TPSA) is 63.5 Å². The first-order valence-electron chi connectivity index (χ1n) is 6.70. The van der Waals surface area contributed by atoms with E-state index >= 15 is 0 Å². The highest BCUT2D eigenvalue weighted by molar-refractivity contribution is 5.88. The summed E-state index contributed by atoms with van der Waals surface area (Å²) in [5, 5.41) is 6.90. The van der Waals surface area contributed by atoms with E-state index in [0.29, 0.717) is 13.0 Å². The Morgan fingerprint density at radius 2 is 2.20 bits per heavy atom. The second-order valence-electron chi connectivity index (χ2n) is 4.61. The molecule has 0 bridgehead atoms. The minimum absolute atomic E-state index is 0.0135. The number of nitrogens with one attached hydrogen (secondary N) is 2. The molecule has 1 aromatic carbocycles. The second kappa shape index (κ2) is 6.96. The molecule has 1 aromatic heterocycles. The van der Waals surface area contributed by atoms with Crippen LogP contribution in [-0.2, 0) is 11.2 Å². The van der Waals surface area contributed by atoms with E-state index in [4.69, 9.17) is 9.15 Å². The summed E-state index contributed by atoms with van der Waals surface area (Å²) in [7, 11) is 3.51. The molecule has 0 aliphatic carbocycles. The van der Waals surface area contributed by atoms with E-state index in [1.165, 1.54) is 0 Å². The molecule has 1 heterocycles. The molecule has 0 spiro atoms. The second-order valence-corrected chi connectivity index (χ2v) is 4.61. The number of carbonyl (C=O) groups excluding carboxylic acids is 1. The van der Waals surface area contributed by atoms with Gasteiger partial charge in [-0.1, -0.05) is 0 Å². The van der Waals surface area contributed by atoms with Gasteiger partial charge in [0.15, 0.2) is 0 Å². The number of hydrogen-bond donors (Lipinski definition) is 2. The van der Waals surface area contributed by atoms with E-state index < -0.39 is 0 Å². The van der Waals surface area contributed by atoms with Crippen molar-refractivity contribution in [3.8, 4) is 5.75 Å². The summed E-state index contributed by atoms with van der Waals surface area (Å²) in [6.07, 6.45) is 2.89. The fraction of sp³-hybridized carbons (Fsp3) is 0.400. The molecule has 0 atom stereocenters. The molecule has 2 rings (SSSR count). The van der Waals surface area contributed by atoms with Gasteiger partial charge in [0.05, 0.1) is 19.8 Å². The molecule has 20 heavy (non-hydrogen) atoms. The highest BCUT2D eigenvalue weighted by atomic mass is 16.5. The van der Waals surface area contributed by atoms with Gasteiger partial charge in [-0.25, -0.2) is 0 Å². The van der Waals surface area contributed by atoms with Gasteiger partial charge in [-0.15, -0.1) is 0 Å². The van der Waals surface area contributed by atoms with Gasteiger partial charge < -0.3 is 19.8 Å². The number of benzene rings is 1. The molecule has 0 saturated heterocycles. The van der Waals surface area contributed by atoms with Crippen LogP contribution in [0.4, 0.5) is 0 Å². The van der Waals surface area contributed by atoms with Crippen LogP contribution < -0.4 is 15.4 Å². The molecular weight excluding hydrogens is 256 g/mol. The van der Waals surface area contributed by atoms with Crippen molar-refractivity contribution in [2.75, 3.05) is 27.2 Å². The van der Waals surface area contributed by atoms with Gasteiger partial charge in [0, 0.05) is 23.6 Å². The highest BCUT2D eigenvalue weighted by Crippen LogP contribution is 2.25. The van der Waals surface area contributed by atoms with E-state index in [1.807, 2.05) is 25.2 Å². The Kier molecular flexibility index (Phi) is 5.01. The van der Waals surface area contributed by atoms with E-state index in [1.54, 1.807) is 13.4 Å². The van der Waals surface area contributed by atoms with Gasteiger partial charge in [-0.2, -0.15) is 0 Å². The molecule has 0 radical (unpaired) electrons. The lowest BCUT2D eigenvalue weighted by Crippen LogP contribution is -2.27. The molecule has 0 unspecified atom stereocenters. The van der Waals surface area contributed by atoms with Crippen LogP contribution in [0, 0.1) is 0 Å². The summed E-state index contributed by atoms with van der Waals surface area (Å²) in [4.78, 5) is 11.8. The van der Waals surface area contributed by atoms with Crippen LogP contribution in [0.1, 0.15) is 12.0 Å². The predicted molar refractivity (Wildman–Crippen MR) is 78.0 cm³/mol. The Morgan fingerprint density at radius 1 is 1.35 bits per heavy atom. The summed E-state index contributed by atoms with van der Waals surface area (Å²) in [5.74, 6) is 0.759. The van der Waals surface area contributed by atoms with Crippen LogP contribution in [0.5, 0.6) is 5.75 Å². The van der Waals surface area contributed by atoms with Crippen LogP contribution in [0.2, 0.25) is 0 Å². The third-order valence-corrected chi connectivity index (χ3v) is 3.14. The third-order valence-electron chi connectivity index (χ3n) is 3.14. The largest absolute Gasteiger partial charge is 0.497 e. The monoisotopic (exact) mass is 276 g/mol. The summed E-state index contributed by atoms with van der Waals surface area (Å²) >= 11 is 0. The minimum atomic E-state index is 0.0135. The van der Waals surface area contributed by atoms with Crippen molar-refractivity contribution < 1.29 is 13.9 Å². The molecule has 108 valence electrons. The SMILES string of the molecule is CNCCCNC(=O)Cc1coc2cc(OC)ccc12. The standard InChI is InChI=1S/C15H20N2O3/c1-16-6-3-7-17-15(18)8-11-10-20-14-9-12(19-2)4-5-13(11)14/h4-5,9-10,16H,3,6-8H2,1-2H3,(H,17,18). The number of fused-ring (bicyclic) bond motifs is 1. The molecule has 5 heteroatoms. The summed E-state index contributed by atoms with van der Waals surface area (Å²) < 4.78 is 10.6. The molecule has 2 N–H and O–H groups in total. The summed E-state index contributed by atoms with van der Waals surface area (Å²) in [6, 6.07) is 5.61. The first-order valence-corrected chi connectivity index (χ1v) is 6.70. The summed E-state index contributed by atoms with van der Waals surface area (Å²) in [6.45, 7) is 1.58. The van der Waals surface area contributed by atoms with Gasteiger partial charge >= 0.3 is 0 Å². The Hall–Kier alpha value is -2.01. The number of furan rings is 1. The molecule has 5 nitrogen and oxygen atoms in total. The third kappa shape index (κ3) is 3.51. The molecule has 0 aliphatic heterocycles. The van der Waals surface area contributed by atoms with Crippen molar-refractivity contribution in [1.82, 2.24) is 10.6 Å². The number of methoxy groups -OCH3 is 1. The lowest BCUT2D eigenvalue weighted by molar-refractivity contribution is -0.120. The van der Waals surface area contributed by atoms with E-state index in [9.17, 15) is 4.79 Å². The molecule has 2 aromatic rings. The quantitative estimate of drug-likeness (QED) is 0.756. The lowest BCUT2D eigenvalue weighted by atomic mass is 10.1. The average molecular weight is 276 g/mol. The van der Waals surface area contributed by atoms with Gasteiger partial charge in [0.25, 0.3) is 0 Å². The Labute approximate surface area is 118 Å². The van der Waals surface area contributed by atoms with Gasteiger partial charge in [0.2, 0.25) is 5.91 Å². The van der Waals surface area contributed by atoms with E-state index in [2.05, 4.69) is 10.6 Å². The lowest BCUT2D eigenvalue weighted by Gasteiger charge is -2.04. The summed E-state index contributed by atoms with van der Waals surface area (Å²) in [5.41, 5.74) is 1.64. The fourth-order valence-electron chi connectivity index (χ4n) is 2.06. The maximum atomic E-state index is 11.8. The Morgan fingerprint density at radius 3 is 2.95 bits per heavy atom. The minimum Gasteiger partial charge on any atom is -0.497 e. The average Bonchev–Trinajstić information content (AvgIpc) is 2.86. The van der Waals surface area contributed by atoms with Crippen molar-refractivity contribution >= 4 is 16.9 Å². The molecule has 0 aliphatic rings. The Balaban J connectivity index is 1.97. The normalized spacial score (nSPS) is 10.7. The molecule has 0 fully saturated rings. The number of carbonyl (C=O) groups is 1. The van der Waals surface area contributed by atoms with Crippen molar-refractivity contribution in [3.05, 3.63) is 30.0 Å².